The van der Waals surface area contributed by atoms with Crippen LogP contribution >= 0.6 is 27.5 Å². The van der Waals surface area contributed by atoms with Gasteiger partial charge in [0.2, 0.25) is 0 Å². The number of phenolic OH excluding ortho intramolecular Hbond substituents is 1. The highest BCUT2D eigenvalue weighted by Gasteiger charge is 2.16. The van der Waals surface area contributed by atoms with Gasteiger partial charge < -0.3 is 5.11 Å². The fourth-order valence-corrected chi connectivity index (χ4v) is 3.27. The minimum atomic E-state index is -3.75. The molecule has 0 aliphatic carbocycles. The van der Waals surface area contributed by atoms with E-state index in [9.17, 15) is 13.5 Å². The first-order valence-corrected chi connectivity index (χ1v) is 7.81. The zero-order chi connectivity index (χ0) is 14.0. The number of hydrogen-bond acceptors (Lipinski definition) is 3. The molecule has 0 aliphatic rings. The third-order valence-corrected chi connectivity index (χ3v) is 4.40. The van der Waals surface area contributed by atoms with E-state index in [4.69, 9.17) is 11.6 Å². The normalized spacial score (nSPS) is 11.3. The zero-order valence-electron chi connectivity index (χ0n) is 9.47. The van der Waals surface area contributed by atoms with Crippen LogP contribution in [0, 0.1) is 0 Å². The summed E-state index contributed by atoms with van der Waals surface area (Å²) in [6.07, 6.45) is 0. The lowest BCUT2D eigenvalue weighted by Crippen LogP contribution is -2.12. The number of anilines is 1. The first kappa shape index (κ1) is 14.2. The summed E-state index contributed by atoms with van der Waals surface area (Å²) in [6, 6.07) is 10.4. The highest BCUT2D eigenvalue weighted by atomic mass is 79.9. The average molecular weight is 363 g/mol. The molecule has 100 valence electrons. The van der Waals surface area contributed by atoms with Gasteiger partial charge in [0, 0.05) is 15.6 Å². The van der Waals surface area contributed by atoms with Gasteiger partial charge in [-0.15, -0.1) is 0 Å². The van der Waals surface area contributed by atoms with Crippen molar-refractivity contribution in [3.8, 4) is 5.75 Å². The Bertz CT molecular complexity index is 719. The lowest BCUT2D eigenvalue weighted by atomic mass is 10.3. The Morgan fingerprint density at radius 3 is 2.53 bits per heavy atom. The molecule has 0 saturated carbocycles. The molecule has 0 unspecified atom stereocenters. The predicted molar refractivity (Wildman–Crippen MR) is 78.1 cm³/mol. The number of benzene rings is 2. The van der Waals surface area contributed by atoms with E-state index in [-0.39, 0.29) is 16.3 Å². The molecule has 2 aromatic rings. The summed E-state index contributed by atoms with van der Waals surface area (Å²) in [4.78, 5) is 0.0937. The van der Waals surface area contributed by atoms with E-state index in [0.29, 0.717) is 9.50 Å². The Morgan fingerprint density at radius 2 is 1.89 bits per heavy atom. The minimum Gasteiger partial charge on any atom is -0.506 e. The smallest absolute Gasteiger partial charge is 0.262 e. The van der Waals surface area contributed by atoms with Crippen LogP contribution in [-0.4, -0.2) is 13.5 Å². The van der Waals surface area contributed by atoms with Gasteiger partial charge in [0.1, 0.15) is 5.75 Å². The summed E-state index contributed by atoms with van der Waals surface area (Å²) in [5, 5.41) is 9.96. The van der Waals surface area contributed by atoms with Crippen molar-refractivity contribution >= 4 is 43.2 Å². The number of hydrogen-bond donors (Lipinski definition) is 2. The third kappa shape index (κ3) is 3.40. The number of rotatable bonds is 3. The summed E-state index contributed by atoms with van der Waals surface area (Å²) in [5.74, 6) is -0.230. The molecule has 0 atom stereocenters. The van der Waals surface area contributed by atoms with Gasteiger partial charge in [-0.3, -0.25) is 4.72 Å². The van der Waals surface area contributed by atoms with Crippen LogP contribution in [0.1, 0.15) is 0 Å². The Hall–Kier alpha value is -1.24. The zero-order valence-corrected chi connectivity index (χ0v) is 12.6. The molecular weight excluding hydrogens is 354 g/mol. The van der Waals surface area contributed by atoms with E-state index in [1.54, 1.807) is 12.1 Å². The Balaban J connectivity index is 2.36. The van der Waals surface area contributed by atoms with Crippen molar-refractivity contribution in [2.24, 2.45) is 0 Å². The number of halogens is 2. The van der Waals surface area contributed by atoms with Gasteiger partial charge >= 0.3 is 0 Å². The van der Waals surface area contributed by atoms with Crippen molar-refractivity contribution < 1.29 is 13.5 Å². The molecule has 19 heavy (non-hydrogen) atoms. The molecule has 0 saturated heterocycles. The Labute approximate surface area is 124 Å². The minimum absolute atomic E-state index is 0.0735. The van der Waals surface area contributed by atoms with Crippen molar-refractivity contribution in [1.29, 1.82) is 0 Å². The van der Waals surface area contributed by atoms with Crippen molar-refractivity contribution in [2.75, 3.05) is 4.72 Å². The second kappa shape index (κ2) is 5.40. The van der Waals surface area contributed by atoms with Gasteiger partial charge in [-0.1, -0.05) is 33.6 Å². The highest BCUT2D eigenvalue weighted by molar-refractivity contribution is 9.10. The Kier molecular flexibility index (Phi) is 4.03. The van der Waals surface area contributed by atoms with E-state index < -0.39 is 10.0 Å². The second-order valence-electron chi connectivity index (χ2n) is 3.72. The maximum absolute atomic E-state index is 12.1. The quantitative estimate of drug-likeness (QED) is 0.820. The summed E-state index contributed by atoms with van der Waals surface area (Å²) >= 11 is 8.89. The van der Waals surface area contributed by atoms with E-state index in [1.807, 2.05) is 0 Å². The Morgan fingerprint density at radius 1 is 1.16 bits per heavy atom. The molecule has 0 amide bonds. The first-order valence-electron chi connectivity index (χ1n) is 5.15. The van der Waals surface area contributed by atoms with Gasteiger partial charge in [0.15, 0.2) is 0 Å². The SMILES string of the molecule is O=S(=O)(Nc1ccc(Cl)cc1O)c1cccc(Br)c1. The molecule has 4 nitrogen and oxygen atoms in total. The molecule has 0 aliphatic heterocycles. The van der Waals surface area contributed by atoms with Gasteiger partial charge in [-0.25, -0.2) is 8.42 Å². The van der Waals surface area contributed by atoms with Crippen molar-refractivity contribution in [1.82, 2.24) is 0 Å². The first-order chi connectivity index (χ1) is 8.88. The molecule has 0 bridgehead atoms. The molecule has 0 aromatic heterocycles. The van der Waals surface area contributed by atoms with Gasteiger partial charge in [-0.05, 0) is 30.3 Å². The fraction of sp³-hybridized carbons (Fsp3) is 0. The van der Waals surface area contributed by atoms with Gasteiger partial charge in [0.25, 0.3) is 10.0 Å². The van der Waals surface area contributed by atoms with Crippen LogP contribution in [0.3, 0.4) is 0 Å². The van der Waals surface area contributed by atoms with Crippen LogP contribution in [0.2, 0.25) is 5.02 Å². The van der Waals surface area contributed by atoms with Crippen LogP contribution in [0.25, 0.3) is 0 Å². The van der Waals surface area contributed by atoms with E-state index >= 15 is 0 Å². The molecule has 2 aromatic carbocycles. The number of sulfonamides is 1. The number of nitrogens with one attached hydrogen (secondary N) is 1. The van der Waals surface area contributed by atoms with Gasteiger partial charge in [-0.2, -0.15) is 0 Å². The predicted octanol–water partition coefficient (Wildman–Crippen LogP) is 3.61. The average Bonchev–Trinajstić information content (AvgIpc) is 2.33. The monoisotopic (exact) mass is 361 g/mol. The molecule has 2 rings (SSSR count). The molecule has 0 fully saturated rings. The summed E-state index contributed by atoms with van der Waals surface area (Å²) in [5.41, 5.74) is 0.0735. The van der Waals surface area contributed by atoms with Crippen LogP contribution < -0.4 is 4.72 Å². The lowest BCUT2D eigenvalue weighted by Gasteiger charge is -2.10. The summed E-state index contributed by atoms with van der Waals surface area (Å²) in [7, 11) is -3.75. The summed E-state index contributed by atoms with van der Waals surface area (Å²) in [6.45, 7) is 0. The lowest BCUT2D eigenvalue weighted by molar-refractivity contribution is 0.477. The highest BCUT2D eigenvalue weighted by Crippen LogP contribution is 2.29. The third-order valence-electron chi connectivity index (χ3n) is 2.31. The molecular formula is C12H9BrClNO3S. The van der Waals surface area contributed by atoms with Crippen LogP contribution in [0.5, 0.6) is 5.75 Å². The molecule has 7 heteroatoms. The van der Waals surface area contributed by atoms with E-state index in [2.05, 4.69) is 20.7 Å². The molecule has 0 spiro atoms. The largest absolute Gasteiger partial charge is 0.506 e. The fourth-order valence-electron chi connectivity index (χ4n) is 1.43. The van der Waals surface area contributed by atoms with Crippen molar-refractivity contribution in [2.45, 2.75) is 4.90 Å². The van der Waals surface area contributed by atoms with Crippen LogP contribution in [-0.2, 0) is 10.0 Å². The molecule has 0 radical (unpaired) electrons. The number of phenols is 1. The standard InChI is InChI=1S/C12H9BrClNO3S/c13-8-2-1-3-10(6-8)19(17,18)15-11-5-4-9(14)7-12(11)16/h1-7,15-16H. The molecule has 0 heterocycles. The topological polar surface area (TPSA) is 66.4 Å². The maximum atomic E-state index is 12.1. The van der Waals surface area contributed by atoms with Crippen LogP contribution in [0.4, 0.5) is 5.69 Å². The van der Waals surface area contributed by atoms with Crippen molar-refractivity contribution in [3.63, 3.8) is 0 Å². The summed E-state index contributed by atoms with van der Waals surface area (Å²) < 4.78 is 27.2. The van der Waals surface area contributed by atoms with Crippen molar-refractivity contribution in [3.05, 3.63) is 52.0 Å². The second-order valence-corrected chi connectivity index (χ2v) is 6.76. The molecule has 2 N–H and O–H groups in total. The number of aromatic hydroxyl groups is 1. The van der Waals surface area contributed by atoms with E-state index in [1.165, 1.54) is 30.3 Å². The maximum Gasteiger partial charge on any atom is 0.262 e. The van der Waals surface area contributed by atoms with Gasteiger partial charge in [0.05, 0.1) is 10.6 Å². The van der Waals surface area contributed by atoms with E-state index in [0.717, 1.165) is 0 Å². The van der Waals surface area contributed by atoms with Crippen LogP contribution in [0.15, 0.2) is 51.8 Å².